The molecule has 1 aliphatic rings. The van der Waals surface area contributed by atoms with Crippen molar-refractivity contribution < 1.29 is 13.7 Å². The highest BCUT2D eigenvalue weighted by molar-refractivity contribution is 9.10. The summed E-state index contributed by atoms with van der Waals surface area (Å²) < 4.78 is 11.7. The Bertz CT molecular complexity index is 987. The number of carbonyl (C=O) groups is 1. The fourth-order valence-electron chi connectivity index (χ4n) is 3.71. The highest BCUT2D eigenvalue weighted by atomic mass is 79.9. The lowest BCUT2D eigenvalue weighted by Crippen LogP contribution is -2.40. The van der Waals surface area contributed by atoms with Crippen molar-refractivity contribution in [3.05, 3.63) is 58.8 Å². The Hall–Kier alpha value is -2.10. The first-order chi connectivity index (χ1) is 15.7. The third kappa shape index (κ3) is 6.70. The molecule has 32 heavy (non-hydrogen) atoms. The topological polar surface area (TPSA) is 84.4 Å². The Labute approximate surface area is 200 Å². The largest absolute Gasteiger partial charge is 0.468 e. The average Bonchev–Trinajstić information content (AvgIpc) is 3.49. The number of benzene rings is 1. The van der Waals surface area contributed by atoms with E-state index in [4.69, 9.17) is 8.94 Å². The minimum absolute atomic E-state index is 0.0851. The molecule has 1 aliphatic heterocycles. The van der Waals surface area contributed by atoms with Gasteiger partial charge in [-0.2, -0.15) is 16.7 Å². The van der Waals surface area contributed by atoms with Crippen molar-refractivity contribution in [3.63, 3.8) is 0 Å². The molecule has 1 N–H and O–H groups in total. The number of likely N-dealkylation sites (tertiary alicyclic amines) is 1. The molecule has 0 saturated carbocycles. The lowest BCUT2D eigenvalue weighted by atomic mass is 9.96. The molecule has 1 saturated heterocycles. The highest BCUT2D eigenvalue weighted by Crippen LogP contribution is 2.22. The van der Waals surface area contributed by atoms with E-state index in [-0.39, 0.29) is 11.8 Å². The lowest BCUT2D eigenvalue weighted by molar-refractivity contribution is -0.126. The van der Waals surface area contributed by atoms with Crippen LogP contribution in [0.1, 0.15) is 30.9 Å². The molecule has 0 spiro atoms. The number of nitrogens with one attached hydrogen (secondary N) is 1. The molecule has 170 valence electrons. The minimum Gasteiger partial charge on any atom is -0.468 e. The van der Waals surface area contributed by atoms with Gasteiger partial charge in [0.1, 0.15) is 5.76 Å². The molecule has 0 aliphatic carbocycles. The quantitative estimate of drug-likeness (QED) is 0.387. The molecule has 3 heterocycles. The van der Waals surface area contributed by atoms with Crippen molar-refractivity contribution in [2.24, 2.45) is 5.92 Å². The van der Waals surface area contributed by atoms with Gasteiger partial charge >= 0.3 is 0 Å². The van der Waals surface area contributed by atoms with Crippen molar-refractivity contribution in [1.29, 1.82) is 0 Å². The molecule has 0 atom stereocenters. The first kappa shape index (κ1) is 23.1. The summed E-state index contributed by atoms with van der Waals surface area (Å²) in [5, 5.41) is 7.20. The zero-order valence-electron chi connectivity index (χ0n) is 17.8. The summed E-state index contributed by atoms with van der Waals surface area (Å²) in [6.45, 7) is 3.05. The van der Waals surface area contributed by atoms with Gasteiger partial charge in [-0.3, -0.25) is 9.69 Å². The van der Waals surface area contributed by atoms with Crippen LogP contribution in [0.3, 0.4) is 0 Å². The molecule has 2 aromatic heterocycles. The van der Waals surface area contributed by atoms with Gasteiger partial charge in [0.25, 0.3) is 0 Å². The average molecular weight is 519 g/mol. The van der Waals surface area contributed by atoms with E-state index in [9.17, 15) is 4.79 Å². The number of nitrogens with zero attached hydrogens (tertiary/aromatic N) is 3. The van der Waals surface area contributed by atoms with Crippen LogP contribution < -0.4 is 5.32 Å². The summed E-state index contributed by atoms with van der Waals surface area (Å²) in [7, 11) is 0. The number of thioether (sulfide) groups is 1. The van der Waals surface area contributed by atoms with Gasteiger partial charge < -0.3 is 14.3 Å². The first-order valence-electron chi connectivity index (χ1n) is 10.9. The Kier molecular flexibility index (Phi) is 8.42. The van der Waals surface area contributed by atoms with E-state index >= 15 is 0 Å². The number of carbonyl (C=O) groups excluding carboxylic acids is 1. The number of rotatable bonds is 10. The Morgan fingerprint density at radius 2 is 2.12 bits per heavy atom. The van der Waals surface area contributed by atoms with E-state index in [2.05, 4.69) is 36.3 Å². The van der Waals surface area contributed by atoms with Crippen LogP contribution in [-0.4, -0.2) is 46.3 Å². The minimum atomic E-state index is 0.0851. The van der Waals surface area contributed by atoms with Crippen LogP contribution in [0.15, 0.2) is 56.1 Å². The van der Waals surface area contributed by atoms with E-state index < -0.39 is 0 Å². The van der Waals surface area contributed by atoms with Gasteiger partial charge in [-0.25, -0.2) is 0 Å². The number of amides is 1. The smallest absolute Gasteiger partial charge is 0.241 e. The summed E-state index contributed by atoms with van der Waals surface area (Å²) in [6, 6.07) is 11.7. The lowest BCUT2D eigenvalue weighted by Gasteiger charge is -2.30. The van der Waals surface area contributed by atoms with Crippen LogP contribution in [0.5, 0.6) is 0 Å². The van der Waals surface area contributed by atoms with Gasteiger partial charge in [0.05, 0.1) is 18.6 Å². The maximum absolute atomic E-state index is 12.5. The number of piperidine rings is 1. The summed E-state index contributed by atoms with van der Waals surface area (Å²) in [5.41, 5.74) is 0.920. The van der Waals surface area contributed by atoms with Gasteiger partial charge in [-0.15, -0.1) is 0 Å². The SMILES string of the molecule is O=C(NCCCSCc1ccco1)C1CCN(Cc2nc(-c3cccc(Br)c3)no2)CC1. The molecule has 1 amide bonds. The van der Waals surface area contributed by atoms with Crippen molar-refractivity contribution in [2.45, 2.75) is 31.6 Å². The van der Waals surface area contributed by atoms with Crippen LogP contribution in [0.25, 0.3) is 11.4 Å². The molecule has 1 fully saturated rings. The molecular weight excluding hydrogens is 492 g/mol. The van der Waals surface area contributed by atoms with E-state index in [0.717, 1.165) is 66.2 Å². The summed E-state index contributed by atoms with van der Waals surface area (Å²) in [4.78, 5) is 19.3. The standard InChI is InChI=1S/C23H27BrN4O3S/c24-19-5-1-4-18(14-19)22-26-21(31-27-22)15-28-10-7-17(8-11-28)23(29)25-9-3-13-32-16-20-6-2-12-30-20/h1-2,4-6,12,14,17H,3,7-11,13,15-16H2,(H,25,29). The second-order valence-electron chi connectivity index (χ2n) is 7.85. The van der Waals surface area contributed by atoms with E-state index in [0.29, 0.717) is 18.3 Å². The summed E-state index contributed by atoms with van der Waals surface area (Å²) in [5.74, 6) is 4.34. The van der Waals surface area contributed by atoms with Crippen LogP contribution in [0.4, 0.5) is 0 Å². The van der Waals surface area contributed by atoms with Crippen molar-refractivity contribution >= 4 is 33.6 Å². The fraction of sp³-hybridized carbons (Fsp3) is 0.435. The van der Waals surface area contributed by atoms with Gasteiger partial charge in [0.15, 0.2) is 0 Å². The molecular formula is C23H27BrN4O3S. The van der Waals surface area contributed by atoms with Crippen molar-refractivity contribution in [1.82, 2.24) is 20.4 Å². The predicted molar refractivity (Wildman–Crippen MR) is 128 cm³/mol. The normalized spacial score (nSPS) is 15.2. The molecule has 4 rings (SSSR count). The molecule has 1 aromatic carbocycles. The Morgan fingerprint density at radius 1 is 1.25 bits per heavy atom. The number of halogens is 1. The number of hydrogen-bond donors (Lipinski definition) is 1. The number of furan rings is 1. The monoisotopic (exact) mass is 518 g/mol. The summed E-state index contributed by atoms with van der Waals surface area (Å²) >= 11 is 5.29. The molecule has 0 radical (unpaired) electrons. The van der Waals surface area contributed by atoms with Crippen molar-refractivity contribution in [2.75, 3.05) is 25.4 Å². The van der Waals surface area contributed by atoms with E-state index in [1.165, 1.54) is 0 Å². The van der Waals surface area contributed by atoms with Crippen LogP contribution in [-0.2, 0) is 17.1 Å². The molecule has 7 nitrogen and oxygen atoms in total. The predicted octanol–water partition coefficient (Wildman–Crippen LogP) is 4.74. The van der Waals surface area contributed by atoms with Gasteiger partial charge in [0, 0.05) is 22.5 Å². The van der Waals surface area contributed by atoms with E-state index in [1.54, 1.807) is 6.26 Å². The molecule has 3 aromatic rings. The maximum atomic E-state index is 12.5. The van der Waals surface area contributed by atoms with Crippen LogP contribution >= 0.6 is 27.7 Å². The van der Waals surface area contributed by atoms with E-state index in [1.807, 2.05) is 48.2 Å². The highest BCUT2D eigenvalue weighted by Gasteiger charge is 2.25. The molecule has 9 heteroatoms. The Morgan fingerprint density at radius 3 is 2.91 bits per heavy atom. The second kappa shape index (κ2) is 11.7. The molecule has 0 bridgehead atoms. The first-order valence-corrected chi connectivity index (χ1v) is 12.8. The zero-order valence-corrected chi connectivity index (χ0v) is 20.2. The number of aromatic nitrogens is 2. The van der Waals surface area contributed by atoms with Gasteiger partial charge in [-0.1, -0.05) is 33.2 Å². The molecule has 0 unspecified atom stereocenters. The van der Waals surface area contributed by atoms with Gasteiger partial charge in [-0.05, 0) is 62.4 Å². The van der Waals surface area contributed by atoms with Gasteiger partial charge in [0.2, 0.25) is 17.6 Å². The van der Waals surface area contributed by atoms with Crippen molar-refractivity contribution in [3.8, 4) is 11.4 Å². The fourth-order valence-corrected chi connectivity index (χ4v) is 4.96. The third-order valence-electron chi connectivity index (χ3n) is 5.46. The third-order valence-corrected chi connectivity index (χ3v) is 7.02. The number of hydrogen-bond acceptors (Lipinski definition) is 7. The maximum Gasteiger partial charge on any atom is 0.241 e. The zero-order chi connectivity index (χ0) is 22.2. The summed E-state index contributed by atoms with van der Waals surface area (Å²) in [6.07, 6.45) is 4.37. The Balaban J connectivity index is 1.12. The van der Waals surface area contributed by atoms with Crippen LogP contribution in [0, 0.1) is 5.92 Å². The second-order valence-corrected chi connectivity index (χ2v) is 9.87. The van der Waals surface area contributed by atoms with Crippen LogP contribution in [0.2, 0.25) is 0 Å².